The lowest BCUT2D eigenvalue weighted by Gasteiger charge is -2.32. The third kappa shape index (κ3) is 5.75. The Kier molecular flexibility index (Phi) is 7.76. The van der Waals surface area contributed by atoms with Crippen molar-refractivity contribution in [2.24, 2.45) is 0 Å². The fourth-order valence-corrected chi connectivity index (χ4v) is 4.55. The summed E-state index contributed by atoms with van der Waals surface area (Å²) in [4.78, 5) is 27.1. The summed E-state index contributed by atoms with van der Waals surface area (Å²) in [6, 6.07) is 8.40. The number of quaternary nitrogens is 1. The molecule has 150 valence electrons. The first-order chi connectivity index (χ1) is 12.9. The summed E-state index contributed by atoms with van der Waals surface area (Å²) in [5.41, 5.74) is 0. The smallest absolute Gasteiger partial charge is 0.278 e. The topological polar surface area (TPSA) is 91.2 Å². The summed E-state index contributed by atoms with van der Waals surface area (Å²) >= 11 is 0. The van der Waals surface area contributed by atoms with Gasteiger partial charge in [0, 0.05) is 13.1 Å². The highest BCUT2D eigenvalue weighted by atomic mass is 32.2. The first kappa shape index (κ1) is 21.3. The van der Waals surface area contributed by atoms with Crippen molar-refractivity contribution in [2.45, 2.75) is 18.7 Å². The third-order valence-corrected chi connectivity index (χ3v) is 6.57. The summed E-state index contributed by atoms with van der Waals surface area (Å²) in [7, 11) is -3.49. The van der Waals surface area contributed by atoms with Crippen molar-refractivity contribution in [3.8, 4) is 0 Å². The maximum Gasteiger partial charge on any atom is 0.278 e. The first-order valence-electron chi connectivity index (χ1n) is 9.31. The highest BCUT2D eigenvalue weighted by Crippen LogP contribution is 2.14. The number of carbonyl (C=O) groups is 2. The molecule has 1 aromatic carbocycles. The number of benzene rings is 1. The predicted octanol–water partition coefficient (Wildman–Crippen LogP) is -1.44. The van der Waals surface area contributed by atoms with Crippen LogP contribution in [0.2, 0.25) is 0 Å². The molecule has 0 bridgehead atoms. The molecule has 1 aliphatic heterocycles. The van der Waals surface area contributed by atoms with E-state index in [-0.39, 0.29) is 24.9 Å². The lowest BCUT2D eigenvalue weighted by atomic mass is 10.3. The lowest BCUT2D eigenvalue weighted by molar-refractivity contribution is -0.896. The predicted molar refractivity (Wildman–Crippen MR) is 102 cm³/mol. The maximum atomic E-state index is 12.7. The molecule has 2 N–H and O–H groups in total. The van der Waals surface area contributed by atoms with Crippen LogP contribution >= 0.6 is 0 Å². The minimum atomic E-state index is -3.49. The molecular formula is C18H29N4O4S+. The van der Waals surface area contributed by atoms with Crippen molar-refractivity contribution in [3.05, 3.63) is 30.3 Å². The van der Waals surface area contributed by atoms with Gasteiger partial charge in [0.1, 0.15) is 0 Å². The zero-order valence-electron chi connectivity index (χ0n) is 16.0. The van der Waals surface area contributed by atoms with E-state index >= 15 is 0 Å². The van der Waals surface area contributed by atoms with Crippen LogP contribution in [0.1, 0.15) is 13.8 Å². The van der Waals surface area contributed by atoms with Gasteiger partial charge in [0.25, 0.3) is 5.91 Å². The van der Waals surface area contributed by atoms with Gasteiger partial charge in [0.05, 0.1) is 37.6 Å². The van der Waals surface area contributed by atoms with Gasteiger partial charge in [0.15, 0.2) is 6.54 Å². The minimum Gasteiger partial charge on any atom is -0.355 e. The third-order valence-electron chi connectivity index (χ3n) is 4.65. The molecule has 1 aromatic rings. The second-order valence-corrected chi connectivity index (χ2v) is 8.44. The van der Waals surface area contributed by atoms with E-state index in [0.717, 1.165) is 4.90 Å². The van der Waals surface area contributed by atoms with E-state index in [4.69, 9.17) is 0 Å². The van der Waals surface area contributed by atoms with Gasteiger partial charge < -0.3 is 15.1 Å². The van der Waals surface area contributed by atoms with Crippen LogP contribution in [0.3, 0.4) is 0 Å². The van der Waals surface area contributed by atoms with E-state index < -0.39 is 10.0 Å². The van der Waals surface area contributed by atoms with Gasteiger partial charge >= 0.3 is 0 Å². The molecule has 0 atom stereocenters. The van der Waals surface area contributed by atoms with Crippen molar-refractivity contribution in [2.75, 3.05) is 52.4 Å². The van der Waals surface area contributed by atoms with E-state index in [0.29, 0.717) is 44.2 Å². The SMILES string of the molecule is CCNC(=O)CN(CC)C(=O)C[NH+]1CCN(S(=O)(=O)c2ccccc2)CC1. The summed E-state index contributed by atoms with van der Waals surface area (Å²) in [6.45, 7) is 6.90. The Morgan fingerprint density at radius 2 is 1.78 bits per heavy atom. The van der Waals surface area contributed by atoms with Crippen LogP contribution in [-0.4, -0.2) is 81.8 Å². The quantitative estimate of drug-likeness (QED) is 0.562. The Hall–Kier alpha value is -1.97. The molecule has 0 saturated carbocycles. The fourth-order valence-electron chi connectivity index (χ4n) is 3.09. The number of amides is 2. The second kappa shape index (κ2) is 9.82. The van der Waals surface area contributed by atoms with Gasteiger partial charge in [-0.3, -0.25) is 9.59 Å². The fraction of sp³-hybridized carbons (Fsp3) is 0.556. The molecule has 1 fully saturated rings. The molecule has 0 aromatic heterocycles. The molecule has 0 aliphatic carbocycles. The zero-order chi connectivity index (χ0) is 19.9. The van der Waals surface area contributed by atoms with Gasteiger partial charge in [-0.05, 0) is 26.0 Å². The molecule has 0 radical (unpaired) electrons. The maximum absolute atomic E-state index is 12.7. The Labute approximate surface area is 161 Å². The Morgan fingerprint density at radius 3 is 2.33 bits per heavy atom. The van der Waals surface area contributed by atoms with E-state index in [1.807, 2.05) is 13.8 Å². The van der Waals surface area contributed by atoms with Crippen molar-refractivity contribution in [1.29, 1.82) is 0 Å². The number of nitrogens with zero attached hydrogens (tertiary/aromatic N) is 2. The number of hydrogen-bond donors (Lipinski definition) is 2. The van der Waals surface area contributed by atoms with Crippen LogP contribution in [-0.2, 0) is 19.6 Å². The van der Waals surface area contributed by atoms with Crippen LogP contribution in [0.5, 0.6) is 0 Å². The van der Waals surface area contributed by atoms with Gasteiger partial charge in [-0.1, -0.05) is 18.2 Å². The molecule has 1 heterocycles. The molecule has 9 heteroatoms. The van der Waals surface area contributed by atoms with E-state index in [9.17, 15) is 18.0 Å². The number of piperazine rings is 1. The van der Waals surface area contributed by atoms with Crippen LogP contribution < -0.4 is 10.2 Å². The lowest BCUT2D eigenvalue weighted by Crippen LogP contribution is -3.15. The van der Waals surface area contributed by atoms with Gasteiger partial charge in [-0.2, -0.15) is 4.31 Å². The average Bonchev–Trinajstić information content (AvgIpc) is 2.67. The molecule has 0 spiro atoms. The average molecular weight is 398 g/mol. The van der Waals surface area contributed by atoms with Crippen molar-refractivity contribution >= 4 is 21.8 Å². The Balaban J connectivity index is 1.88. The summed E-state index contributed by atoms with van der Waals surface area (Å²) in [6.07, 6.45) is 0. The van der Waals surface area contributed by atoms with Crippen LogP contribution in [0.25, 0.3) is 0 Å². The summed E-state index contributed by atoms with van der Waals surface area (Å²) in [5, 5.41) is 2.69. The molecule has 2 amide bonds. The second-order valence-electron chi connectivity index (χ2n) is 6.51. The number of rotatable bonds is 8. The molecule has 1 aliphatic rings. The molecule has 1 saturated heterocycles. The normalized spacial score (nSPS) is 16.1. The number of likely N-dealkylation sites (N-methyl/N-ethyl adjacent to an activating group) is 2. The van der Waals surface area contributed by atoms with Crippen LogP contribution in [0.4, 0.5) is 0 Å². The standard InChI is InChI=1S/C18H28N4O4S/c1-3-19-17(23)14-21(4-2)18(24)15-20-10-12-22(13-11-20)27(25,26)16-8-6-5-7-9-16/h5-9H,3-4,10-15H2,1-2H3,(H,19,23)/p+1. The number of hydrogen-bond acceptors (Lipinski definition) is 4. The summed E-state index contributed by atoms with van der Waals surface area (Å²) < 4.78 is 26.8. The van der Waals surface area contributed by atoms with Crippen LogP contribution in [0.15, 0.2) is 35.2 Å². The zero-order valence-corrected chi connectivity index (χ0v) is 16.8. The molecule has 2 rings (SSSR count). The first-order valence-corrected chi connectivity index (χ1v) is 10.8. The Morgan fingerprint density at radius 1 is 1.15 bits per heavy atom. The monoisotopic (exact) mass is 397 g/mol. The van der Waals surface area contributed by atoms with Crippen LogP contribution in [0, 0.1) is 0 Å². The highest BCUT2D eigenvalue weighted by Gasteiger charge is 2.31. The molecule has 8 nitrogen and oxygen atoms in total. The molecule has 27 heavy (non-hydrogen) atoms. The highest BCUT2D eigenvalue weighted by molar-refractivity contribution is 7.89. The Bertz CT molecular complexity index is 731. The largest absolute Gasteiger partial charge is 0.355 e. The van der Waals surface area contributed by atoms with E-state index in [1.54, 1.807) is 30.3 Å². The minimum absolute atomic E-state index is 0.0605. The van der Waals surface area contributed by atoms with Gasteiger partial charge in [-0.25, -0.2) is 8.42 Å². The van der Waals surface area contributed by atoms with E-state index in [2.05, 4.69) is 5.32 Å². The molecular weight excluding hydrogens is 368 g/mol. The van der Waals surface area contributed by atoms with E-state index in [1.165, 1.54) is 9.21 Å². The number of carbonyl (C=O) groups excluding carboxylic acids is 2. The van der Waals surface area contributed by atoms with Crippen molar-refractivity contribution < 1.29 is 22.9 Å². The number of sulfonamides is 1. The number of nitrogens with one attached hydrogen (secondary N) is 2. The summed E-state index contributed by atoms with van der Waals surface area (Å²) in [5.74, 6) is -0.250. The van der Waals surface area contributed by atoms with Crippen molar-refractivity contribution in [1.82, 2.24) is 14.5 Å². The van der Waals surface area contributed by atoms with Gasteiger partial charge in [-0.15, -0.1) is 0 Å². The molecule has 0 unspecified atom stereocenters. The van der Waals surface area contributed by atoms with Gasteiger partial charge in [0.2, 0.25) is 15.9 Å². The van der Waals surface area contributed by atoms with Crippen molar-refractivity contribution in [3.63, 3.8) is 0 Å².